The van der Waals surface area contributed by atoms with E-state index in [-0.39, 0.29) is 16.6 Å². The Balaban J connectivity index is 2.05. The average Bonchev–Trinajstić information content (AvgIpc) is 2.70. The topological polar surface area (TPSA) is 69.2 Å². The van der Waals surface area contributed by atoms with Crippen molar-refractivity contribution in [1.82, 2.24) is 25.6 Å². The molecule has 37 heavy (non-hydrogen) atoms. The molecule has 8 heteroatoms. The maximum Gasteiger partial charge on any atom is 0.230 e. The Bertz CT molecular complexity index is 913. The summed E-state index contributed by atoms with van der Waals surface area (Å²) in [6.45, 7) is 25.6. The summed E-state index contributed by atoms with van der Waals surface area (Å²) in [5.41, 5.74) is 1.21. The van der Waals surface area contributed by atoms with Crippen LogP contribution in [0.1, 0.15) is 113 Å². The van der Waals surface area contributed by atoms with Crippen molar-refractivity contribution in [2.24, 2.45) is 0 Å². The van der Waals surface area contributed by atoms with E-state index in [9.17, 15) is 0 Å². The van der Waals surface area contributed by atoms with Crippen molar-refractivity contribution in [3.05, 3.63) is 18.1 Å². The van der Waals surface area contributed by atoms with E-state index < -0.39 is 0 Å². The number of nitrogens with zero attached hydrogens (tertiary/aromatic N) is 5. The zero-order valence-electron chi connectivity index (χ0n) is 25.5. The van der Waals surface area contributed by atoms with Gasteiger partial charge in [-0.3, -0.25) is 0 Å². The average molecular weight is 512 g/mol. The summed E-state index contributed by atoms with van der Waals surface area (Å²) in [7, 11) is 2.35. The molecule has 208 valence electrons. The zero-order valence-corrected chi connectivity index (χ0v) is 25.5. The van der Waals surface area contributed by atoms with Crippen LogP contribution < -0.4 is 20.4 Å². The van der Waals surface area contributed by atoms with Gasteiger partial charge < -0.3 is 20.4 Å². The highest BCUT2D eigenvalue weighted by molar-refractivity contribution is 6.13. The van der Waals surface area contributed by atoms with Crippen molar-refractivity contribution < 1.29 is 0 Å². The Labute approximate surface area is 228 Å². The highest BCUT2D eigenvalue weighted by Gasteiger charge is 2.42. The van der Waals surface area contributed by atoms with Gasteiger partial charge in [-0.1, -0.05) is 33.3 Å². The maximum absolute atomic E-state index is 5.27. The lowest BCUT2D eigenvalue weighted by Gasteiger charge is -2.51. The number of aromatic nitrogens is 3. The van der Waals surface area contributed by atoms with E-state index in [2.05, 4.69) is 90.2 Å². The van der Waals surface area contributed by atoms with Crippen LogP contribution in [-0.4, -0.2) is 64.0 Å². The summed E-state index contributed by atoms with van der Waals surface area (Å²) in [5.74, 6) is 2.83. The van der Waals surface area contributed by atoms with Crippen LogP contribution in [0, 0.1) is 6.92 Å². The first kappa shape index (κ1) is 29.7. The lowest BCUT2D eigenvalue weighted by atomic mass is 9.77. The molecule has 2 saturated heterocycles. The van der Waals surface area contributed by atoms with Crippen molar-refractivity contribution in [2.45, 2.75) is 148 Å². The van der Waals surface area contributed by atoms with E-state index in [1.807, 2.05) is 6.92 Å². The maximum atomic E-state index is 5.27. The molecule has 2 aliphatic heterocycles. The summed E-state index contributed by atoms with van der Waals surface area (Å²) in [4.78, 5) is 20.2. The van der Waals surface area contributed by atoms with Crippen molar-refractivity contribution in [2.75, 3.05) is 16.3 Å². The molecular weight excluding hydrogens is 457 g/mol. The summed E-state index contributed by atoms with van der Waals surface area (Å²) in [6.07, 6.45) is 8.58. The molecule has 7 nitrogen and oxygen atoms in total. The molecular formula is C29H54BN7. The lowest BCUT2D eigenvalue weighted by Crippen LogP contribution is -2.63. The number of unbranched alkanes of at least 4 members (excludes halogenated alkanes) is 1. The molecule has 0 aliphatic carbocycles. The first-order chi connectivity index (χ1) is 17.1. The quantitative estimate of drug-likeness (QED) is 0.441. The van der Waals surface area contributed by atoms with Gasteiger partial charge in [0, 0.05) is 53.3 Å². The molecule has 2 aliphatic rings. The fourth-order valence-corrected chi connectivity index (χ4v) is 6.96. The number of piperidine rings is 2. The third-order valence-corrected chi connectivity index (χ3v) is 7.89. The molecule has 0 radical (unpaired) electrons. The Morgan fingerprint density at radius 3 is 2.08 bits per heavy atom. The Morgan fingerprint density at radius 2 is 1.51 bits per heavy atom. The van der Waals surface area contributed by atoms with E-state index >= 15 is 0 Å². The van der Waals surface area contributed by atoms with Gasteiger partial charge in [-0.15, -0.1) is 0 Å². The highest BCUT2D eigenvalue weighted by Crippen LogP contribution is 2.35. The number of hydrogen-bond acceptors (Lipinski definition) is 7. The number of rotatable bonds is 10. The minimum atomic E-state index is 0.00328. The van der Waals surface area contributed by atoms with Gasteiger partial charge in [-0.25, -0.2) is 0 Å². The normalized spacial score (nSPS) is 23.8. The van der Waals surface area contributed by atoms with Crippen LogP contribution in [0.3, 0.4) is 0 Å². The van der Waals surface area contributed by atoms with Crippen LogP contribution in [0.2, 0.25) is 0 Å². The first-order valence-electron chi connectivity index (χ1n) is 14.7. The Hall–Kier alpha value is -1.83. The van der Waals surface area contributed by atoms with Crippen LogP contribution in [0.15, 0.2) is 12.3 Å². The highest BCUT2D eigenvalue weighted by atomic mass is 15.4. The van der Waals surface area contributed by atoms with Gasteiger partial charge in [-0.2, -0.15) is 15.0 Å². The van der Waals surface area contributed by atoms with Crippen molar-refractivity contribution in [3.8, 4) is 0 Å². The van der Waals surface area contributed by atoms with Gasteiger partial charge in [0.05, 0.1) is 0 Å². The molecule has 0 aromatic carbocycles. The zero-order chi connectivity index (χ0) is 27.6. The molecule has 3 rings (SSSR count). The molecule has 2 unspecified atom stereocenters. The second kappa shape index (κ2) is 11.5. The minimum absolute atomic E-state index is 0.00328. The first-order valence-corrected chi connectivity index (χ1v) is 14.7. The molecule has 1 aromatic heterocycles. The third kappa shape index (κ3) is 7.84. The molecule has 0 amide bonds. The summed E-state index contributed by atoms with van der Waals surface area (Å²) < 4.78 is 0. The van der Waals surface area contributed by atoms with Gasteiger partial charge in [0.2, 0.25) is 11.9 Å². The standard InChI is InChI=1S/C29H54BN7/c1-11-13-15-36(22-16-20(3)34-27(5,6)17-22)25-31-21(4)32-26(33-25)37(24(30)14-12-2)23-18-28(7,8)35-29(9,10)19-23/h22-24,34-35H,3,11-19,30H2,1-2,4-10H3. The predicted molar refractivity (Wildman–Crippen MR) is 160 cm³/mol. The van der Waals surface area contributed by atoms with Crippen LogP contribution in [0.25, 0.3) is 0 Å². The van der Waals surface area contributed by atoms with E-state index in [1.54, 1.807) is 0 Å². The van der Waals surface area contributed by atoms with Gasteiger partial charge in [-0.05, 0) is 80.6 Å². The Kier molecular flexibility index (Phi) is 9.24. The lowest BCUT2D eigenvalue weighted by molar-refractivity contribution is 0.156. The molecule has 3 heterocycles. The smallest absolute Gasteiger partial charge is 0.230 e. The molecule has 2 atom stereocenters. The number of aryl methyl sites for hydroxylation is 1. The number of nitrogens with one attached hydrogen (secondary N) is 2. The summed E-state index contributed by atoms with van der Waals surface area (Å²) in [6, 6.07) is 0.687. The van der Waals surface area contributed by atoms with Crippen LogP contribution in [-0.2, 0) is 0 Å². The minimum Gasteiger partial charge on any atom is -0.384 e. The third-order valence-electron chi connectivity index (χ3n) is 7.89. The fraction of sp³-hybridized carbons (Fsp3) is 0.828. The van der Waals surface area contributed by atoms with E-state index in [1.165, 1.54) is 0 Å². The van der Waals surface area contributed by atoms with Gasteiger partial charge in [0.25, 0.3) is 0 Å². The Morgan fingerprint density at radius 1 is 0.919 bits per heavy atom. The second-order valence-corrected chi connectivity index (χ2v) is 13.7. The molecule has 0 spiro atoms. The van der Waals surface area contributed by atoms with Crippen LogP contribution >= 0.6 is 0 Å². The molecule has 2 fully saturated rings. The van der Waals surface area contributed by atoms with E-state index in [4.69, 9.17) is 15.0 Å². The van der Waals surface area contributed by atoms with Gasteiger partial charge in [0.15, 0.2) is 0 Å². The largest absolute Gasteiger partial charge is 0.384 e. The number of anilines is 2. The van der Waals surface area contributed by atoms with Crippen molar-refractivity contribution in [1.29, 1.82) is 0 Å². The van der Waals surface area contributed by atoms with E-state index in [0.29, 0.717) is 18.0 Å². The van der Waals surface area contributed by atoms with E-state index in [0.717, 1.165) is 81.3 Å². The fourth-order valence-electron chi connectivity index (χ4n) is 6.96. The molecule has 0 bridgehead atoms. The molecule has 1 aromatic rings. The summed E-state index contributed by atoms with van der Waals surface area (Å²) >= 11 is 0. The van der Waals surface area contributed by atoms with Gasteiger partial charge >= 0.3 is 0 Å². The van der Waals surface area contributed by atoms with Crippen LogP contribution in [0.5, 0.6) is 0 Å². The van der Waals surface area contributed by atoms with Gasteiger partial charge in [0.1, 0.15) is 13.7 Å². The molecule has 2 N–H and O–H groups in total. The van der Waals surface area contributed by atoms with Crippen molar-refractivity contribution in [3.63, 3.8) is 0 Å². The predicted octanol–water partition coefficient (Wildman–Crippen LogP) is 4.71. The SMILES string of the molecule is BC(CCC)N(c1nc(C)nc(N(CCCC)C2CC(=C)NC(C)(C)C2)n1)C1CC(C)(C)NC(C)(C)C1. The van der Waals surface area contributed by atoms with Crippen molar-refractivity contribution >= 4 is 19.7 Å². The second-order valence-electron chi connectivity index (χ2n) is 13.7. The number of hydrogen-bond donors (Lipinski definition) is 2. The monoisotopic (exact) mass is 511 g/mol. The van der Waals surface area contributed by atoms with Crippen LogP contribution in [0.4, 0.5) is 11.9 Å². The summed E-state index contributed by atoms with van der Waals surface area (Å²) in [5, 5.41) is 7.44. The molecule has 0 saturated carbocycles.